The van der Waals surface area contributed by atoms with E-state index < -0.39 is 5.97 Å². The number of carboxylic acid groups (broad SMARTS) is 1. The standard InChI is InChI=1S/C15H19ClN2O3/c1-10-7-11(3-4-12(10)16)14(21)18-6-5-15(2,9-18)17-8-13(19)20/h3-4,7,17H,5-6,8-9H2,1-2H3,(H,19,20)/t15-/m0/s1. The van der Waals surface area contributed by atoms with Crippen molar-refractivity contribution in [3.8, 4) is 0 Å². The molecule has 0 bridgehead atoms. The molecular formula is C15H19ClN2O3. The Morgan fingerprint density at radius 2 is 2.19 bits per heavy atom. The lowest BCUT2D eigenvalue weighted by Crippen LogP contribution is -2.47. The van der Waals surface area contributed by atoms with Crippen LogP contribution in [0.25, 0.3) is 0 Å². The first-order valence-electron chi connectivity index (χ1n) is 6.83. The van der Waals surface area contributed by atoms with Gasteiger partial charge in [-0.3, -0.25) is 14.9 Å². The predicted octanol–water partition coefficient (Wildman–Crippen LogP) is 1.93. The van der Waals surface area contributed by atoms with Crippen molar-refractivity contribution in [3.05, 3.63) is 34.3 Å². The molecule has 6 heteroatoms. The first kappa shape index (κ1) is 15.8. The lowest BCUT2D eigenvalue weighted by molar-refractivity contribution is -0.136. The molecular weight excluding hydrogens is 292 g/mol. The summed E-state index contributed by atoms with van der Waals surface area (Å²) in [5.41, 5.74) is 1.13. The Morgan fingerprint density at radius 1 is 1.48 bits per heavy atom. The molecule has 0 aromatic heterocycles. The Bertz CT molecular complexity index is 576. The van der Waals surface area contributed by atoms with Crippen LogP contribution in [0.15, 0.2) is 18.2 Å². The van der Waals surface area contributed by atoms with Crippen molar-refractivity contribution < 1.29 is 14.7 Å². The summed E-state index contributed by atoms with van der Waals surface area (Å²) in [5.74, 6) is -0.940. The van der Waals surface area contributed by atoms with Crippen LogP contribution in [-0.2, 0) is 4.79 Å². The molecule has 1 aliphatic rings. The summed E-state index contributed by atoms with van der Waals surface area (Å²) in [6.07, 6.45) is 0.735. The number of nitrogens with zero attached hydrogens (tertiary/aromatic N) is 1. The number of carbonyl (C=O) groups is 2. The molecule has 114 valence electrons. The highest BCUT2D eigenvalue weighted by molar-refractivity contribution is 6.31. The van der Waals surface area contributed by atoms with E-state index in [4.69, 9.17) is 16.7 Å². The highest BCUT2D eigenvalue weighted by Gasteiger charge is 2.36. The first-order valence-corrected chi connectivity index (χ1v) is 7.21. The molecule has 1 saturated heterocycles. The molecule has 0 radical (unpaired) electrons. The summed E-state index contributed by atoms with van der Waals surface area (Å²) in [5, 5.41) is 12.4. The van der Waals surface area contributed by atoms with Crippen LogP contribution in [0.2, 0.25) is 5.02 Å². The van der Waals surface area contributed by atoms with Crippen molar-refractivity contribution in [1.82, 2.24) is 10.2 Å². The molecule has 2 rings (SSSR count). The van der Waals surface area contributed by atoms with Crippen LogP contribution in [-0.4, -0.2) is 47.1 Å². The van der Waals surface area contributed by atoms with Gasteiger partial charge in [0.25, 0.3) is 5.91 Å². The summed E-state index contributed by atoms with van der Waals surface area (Å²) >= 11 is 5.97. The summed E-state index contributed by atoms with van der Waals surface area (Å²) in [6.45, 7) is 4.82. The third-order valence-electron chi connectivity index (χ3n) is 3.83. The second-order valence-corrected chi connectivity index (χ2v) is 6.16. The van der Waals surface area contributed by atoms with E-state index >= 15 is 0 Å². The van der Waals surface area contributed by atoms with Crippen molar-refractivity contribution in [1.29, 1.82) is 0 Å². The molecule has 2 N–H and O–H groups in total. The lowest BCUT2D eigenvalue weighted by atomic mass is 10.0. The van der Waals surface area contributed by atoms with Crippen LogP contribution in [0, 0.1) is 6.92 Å². The van der Waals surface area contributed by atoms with E-state index in [9.17, 15) is 9.59 Å². The normalized spacial score (nSPS) is 21.6. The van der Waals surface area contributed by atoms with Gasteiger partial charge in [0.2, 0.25) is 0 Å². The molecule has 0 saturated carbocycles. The van der Waals surface area contributed by atoms with Gasteiger partial charge in [0.1, 0.15) is 0 Å². The number of aliphatic carboxylic acids is 1. The maximum Gasteiger partial charge on any atom is 0.317 e. The molecule has 1 fully saturated rings. The van der Waals surface area contributed by atoms with Crippen molar-refractivity contribution >= 4 is 23.5 Å². The van der Waals surface area contributed by atoms with Crippen LogP contribution >= 0.6 is 11.6 Å². The Balaban J connectivity index is 2.04. The minimum absolute atomic E-state index is 0.0457. The number of nitrogens with one attached hydrogen (secondary N) is 1. The fraction of sp³-hybridized carbons (Fsp3) is 0.467. The fourth-order valence-corrected chi connectivity index (χ4v) is 2.65. The Morgan fingerprint density at radius 3 is 2.81 bits per heavy atom. The van der Waals surface area contributed by atoms with Gasteiger partial charge in [-0.25, -0.2) is 0 Å². The predicted molar refractivity (Wildman–Crippen MR) is 80.8 cm³/mol. The van der Waals surface area contributed by atoms with E-state index in [1.54, 1.807) is 23.1 Å². The van der Waals surface area contributed by atoms with Gasteiger partial charge in [-0.15, -0.1) is 0 Å². The highest BCUT2D eigenvalue weighted by atomic mass is 35.5. The number of amides is 1. The minimum atomic E-state index is -0.894. The van der Waals surface area contributed by atoms with Gasteiger partial charge in [-0.1, -0.05) is 11.6 Å². The van der Waals surface area contributed by atoms with E-state index in [-0.39, 0.29) is 18.0 Å². The molecule has 0 aliphatic carbocycles. The molecule has 1 aromatic carbocycles. The number of hydrogen-bond donors (Lipinski definition) is 2. The third kappa shape index (κ3) is 3.74. The van der Waals surface area contributed by atoms with Gasteiger partial charge >= 0.3 is 5.97 Å². The average Bonchev–Trinajstić information content (AvgIpc) is 2.82. The van der Waals surface area contributed by atoms with E-state index in [1.165, 1.54) is 0 Å². The summed E-state index contributed by atoms with van der Waals surface area (Å²) < 4.78 is 0. The maximum absolute atomic E-state index is 12.5. The van der Waals surface area contributed by atoms with E-state index in [0.717, 1.165) is 12.0 Å². The third-order valence-corrected chi connectivity index (χ3v) is 4.26. The monoisotopic (exact) mass is 310 g/mol. The molecule has 0 spiro atoms. The number of rotatable bonds is 4. The number of hydrogen-bond acceptors (Lipinski definition) is 3. The second-order valence-electron chi connectivity index (χ2n) is 5.75. The van der Waals surface area contributed by atoms with E-state index in [1.807, 2.05) is 13.8 Å². The molecule has 1 heterocycles. The second kappa shape index (κ2) is 6.03. The van der Waals surface area contributed by atoms with Crippen LogP contribution in [0.5, 0.6) is 0 Å². The average molecular weight is 311 g/mol. The summed E-state index contributed by atoms with van der Waals surface area (Å²) in [7, 11) is 0. The van der Waals surface area contributed by atoms with E-state index in [2.05, 4.69) is 5.32 Å². The fourth-order valence-electron chi connectivity index (χ4n) is 2.53. The molecule has 1 atom stereocenters. The Kier molecular flexibility index (Phi) is 4.54. The molecule has 1 aromatic rings. The van der Waals surface area contributed by atoms with Crippen LogP contribution in [0.3, 0.4) is 0 Å². The smallest absolute Gasteiger partial charge is 0.317 e. The van der Waals surface area contributed by atoms with Crippen LogP contribution in [0.4, 0.5) is 0 Å². The topological polar surface area (TPSA) is 69.6 Å². The van der Waals surface area contributed by atoms with Gasteiger partial charge in [0.15, 0.2) is 0 Å². The first-order chi connectivity index (χ1) is 9.81. The SMILES string of the molecule is Cc1cc(C(=O)N2CC[C@](C)(NCC(=O)O)C2)ccc1Cl. The zero-order valence-electron chi connectivity index (χ0n) is 12.1. The molecule has 21 heavy (non-hydrogen) atoms. The van der Waals surface area contributed by atoms with Gasteiger partial charge in [-0.2, -0.15) is 0 Å². The molecule has 0 unspecified atom stereocenters. The number of carboxylic acids is 1. The number of carbonyl (C=O) groups excluding carboxylic acids is 1. The summed E-state index contributed by atoms with van der Waals surface area (Å²) in [6, 6.07) is 5.23. The van der Waals surface area contributed by atoms with Crippen LogP contribution < -0.4 is 5.32 Å². The minimum Gasteiger partial charge on any atom is -0.480 e. The van der Waals surface area contributed by atoms with Gasteiger partial charge in [-0.05, 0) is 44.0 Å². The van der Waals surface area contributed by atoms with Crippen molar-refractivity contribution in [2.45, 2.75) is 25.8 Å². The maximum atomic E-state index is 12.5. The van der Waals surface area contributed by atoms with Crippen molar-refractivity contribution in [2.24, 2.45) is 0 Å². The van der Waals surface area contributed by atoms with Gasteiger partial charge < -0.3 is 10.0 Å². The van der Waals surface area contributed by atoms with Gasteiger partial charge in [0, 0.05) is 29.2 Å². The number of halogens is 1. The molecule has 5 nitrogen and oxygen atoms in total. The Hall–Kier alpha value is -1.59. The van der Waals surface area contributed by atoms with E-state index in [0.29, 0.717) is 23.7 Å². The van der Waals surface area contributed by atoms with Crippen molar-refractivity contribution in [3.63, 3.8) is 0 Å². The number of likely N-dealkylation sites (tertiary alicyclic amines) is 1. The number of benzene rings is 1. The highest BCUT2D eigenvalue weighted by Crippen LogP contribution is 2.24. The molecule has 1 aliphatic heterocycles. The largest absolute Gasteiger partial charge is 0.480 e. The lowest BCUT2D eigenvalue weighted by Gasteiger charge is -2.25. The zero-order chi connectivity index (χ0) is 15.6. The molecule has 1 amide bonds. The quantitative estimate of drug-likeness (QED) is 0.891. The zero-order valence-corrected chi connectivity index (χ0v) is 12.9. The number of aryl methyl sites for hydroxylation is 1. The Labute approximate surface area is 128 Å². The van der Waals surface area contributed by atoms with Gasteiger partial charge in [0.05, 0.1) is 6.54 Å². The van der Waals surface area contributed by atoms with Crippen LogP contribution in [0.1, 0.15) is 29.3 Å². The summed E-state index contributed by atoms with van der Waals surface area (Å²) in [4.78, 5) is 24.9. The van der Waals surface area contributed by atoms with Crippen molar-refractivity contribution in [2.75, 3.05) is 19.6 Å².